The third kappa shape index (κ3) is 7.39. The van der Waals surface area contributed by atoms with Crippen LogP contribution in [0.1, 0.15) is 24.8 Å². The van der Waals surface area contributed by atoms with Crippen molar-refractivity contribution in [3.63, 3.8) is 0 Å². The molecule has 0 radical (unpaired) electrons. The van der Waals surface area contributed by atoms with Gasteiger partial charge in [-0.15, -0.1) is 0 Å². The van der Waals surface area contributed by atoms with Crippen molar-refractivity contribution in [3.05, 3.63) is 35.9 Å². The highest BCUT2D eigenvalue weighted by molar-refractivity contribution is 5.71. The topological polar surface area (TPSA) is 68.8 Å². The average Bonchev–Trinajstić information content (AvgIpc) is 3.21. The van der Waals surface area contributed by atoms with Crippen molar-refractivity contribution in [3.8, 4) is 0 Å². The Balaban J connectivity index is 1.20. The summed E-state index contributed by atoms with van der Waals surface area (Å²) >= 11 is 0. The number of amides is 1. The number of ether oxygens (including phenoxy) is 2. The van der Waals surface area contributed by atoms with Gasteiger partial charge in [0.15, 0.2) is 6.23 Å². The first-order chi connectivity index (χ1) is 17.0. The van der Waals surface area contributed by atoms with Gasteiger partial charge in [0.1, 0.15) is 0 Å². The number of nitrogens with zero attached hydrogens (tertiary/aromatic N) is 5. The van der Waals surface area contributed by atoms with Crippen LogP contribution in [-0.4, -0.2) is 128 Å². The number of unbranched alkanes of at least 4 members (excludes halogenated alkanes) is 1. The first-order valence-corrected chi connectivity index (χ1v) is 13.0. The predicted molar refractivity (Wildman–Crippen MR) is 134 cm³/mol. The molecule has 2 atom stereocenters. The number of benzene rings is 1. The Morgan fingerprint density at radius 2 is 1.69 bits per heavy atom. The zero-order chi connectivity index (χ0) is 24.6. The third-order valence-electron chi connectivity index (χ3n) is 7.52. The van der Waals surface area contributed by atoms with Crippen LogP contribution in [0, 0.1) is 0 Å². The SMILES string of the molecule is COC(=O)CN1CCN(C2CN(C)C(=O)O2)C(CCCCN2CCN(Cc3ccccc3)CC2)C1. The van der Waals surface area contributed by atoms with E-state index >= 15 is 0 Å². The number of esters is 1. The predicted octanol–water partition coefficient (Wildman–Crippen LogP) is 1.54. The minimum Gasteiger partial charge on any atom is -0.468 e. The number of hydrogen-bond donors (Lipinski definition) is 0. The van der Waals surface area contributed by atoms with Gasteiger partial charge in [-0.2, -0.15) is 0 Å². The molecule has 35 heavy (non-hydrogen) atoms. The molecule has 3 aliphatic heterocycles. The Morgan fingerprint density at radius 1 is 0.971 bits per heavy atom. The Morgan fingerprint density at radius 3 is 2.37 bits per heavy atom. The summed E-state index contributed by atoms with van der Waals surface area (Å²) in [7, 11) is 3.22. The van der Waals surface area contributed by atoms with Crippen LogP contribution in [-0.2, 0) is 20.8 Å². The molecule has 3 heterocycles. The Hall–Kier alpha value is -2.20. The van der Waals surface area contributed by atoms with Crippen molar-refractivity contribution < 1.29 is 19.1 Å². The van der Waals surface area contributed by atoms with Crippen LogP contribution in [0.2, 0.25) is 0 Å². The van der Waals surface area contributed by atoms with Gasteiger partial charge in [-0.3, -0.25) is 19.5 Å². The summed E-state index contributed by atoms with van der Waals surface area (Å²) in [5.74, 6) is -0.198. The number of rotatable bonds is 10. The molecule has 0 aromatic heterocycles. The molecule has 0 N–H and O–H groups in total. The molecule has 1 aromatic carbocycles. The minimum absolute atomic E-state index is 0.198. The standard InChI is InChI=1S/C26H41N5O4/c1-27-20-24(35-26(27)33)31-17-16-30(21-25(32)34-2)19-23(31)10-6-7-11-28-12-14-29(15-13-28)18-22-8-4-3-5-9-22/h3-5,8-9,23-24H,6-7,10-21H2,1-2H3. The Kier molecular flexibility index (Phi) is 9.37. The van der Waals surface area contributed by atoms with E-state index in [2.05, 4.69) is 49.9 Å². The molecule has 0 bridgehead atoms. The maximum absolute atomic E-state index is 11.9. The summed E-state index contributed by atoms with van der Waals surface area (Å²) in [6, 6.07) is 11.0. The summed E-state index contributed by atoms with van der Waals surface area (Å²) in [5, 5.41) is 0. The number of cyclic esters (lactones) is 1. The average molecular weight is 488 g/mol. The van der Waals surface area contributed by atoms with E-state index in [9.17, 15) is 9.59 Å². The van der Waals surface area contributed by atoms with E-state index in [1.807, 2.05) is 0 Å². The fourth-order valence-electron chi connectivity index (χ4n) is 5.41. The van der Waals surface area contributed by atoms with Gasteiger partial charge in [0.25, 0.3) is 0 Å². The van der Waals surface area contributed by atoms with E-state index in [1.54, 1.807) is 11.9 Å². The van der Waals surface area contributed by atoms with Gasteiger partial charge in [-0.05, 0) is 24.9 Å². The number of methoxy groups -OCH3 is 1. The molecule has 3 aliphatic rings. The molecule has 2 unspecified atom stereocenters. The summed E-state index contributed by atoms with van der Waals surface area (Å²) in [4.78, 5) is 35.0. The van der Waals surface area contributed by atoms with Crippen LogP contribution in [0.25, 0.3) is 0 Å². The molecule has 1 aromatic rings. The molecule has 9 heteroatoms. The zero-order valence-corrected chi connectivity index (χ0v) is 21.3. The van der Waals surface area contributed by atoms with Gasteiger partial charge in [0.2, 0.25) is 0 Å². The van der Waals surface area contributed by atoms with Crippen molar-refractivity contribution >= 4 is 12.1 Å². The lowest BCUT2D eigenvalue weighted by atomic mass is 10.0. The highest BCUT2D eigenvalue weighted by atomic mass is 16.6. The molecule has 0 saturated carbocycles. The molecule has 194 valence electrons. The lowest BCUT2D eigenvalue weighted by Crippen LogP contribution is -2.58. The van der Waals surface area contributed by atoms with Gasteiger partial charge < -0.3 is 19.3 Å². The van der Waals surface area contributed by atoms with Crippen molar-refractivity contribution in [1.29, 1.82) is 0 Å². The summed E-state index contributed by atoms with van der Waals surface area (Å²) in [5.41, 5.74) is 1.39. The van der Waals surface area contributed by atoms with E-state index in [0.717, 1.165) is 78.2 Å². The molecule has 1 amide bonds. The molecule has 3 saturated heterocycles. The largest absolute Gasteiger partial charge is 0.468 e. The lowest BCUT2D eigenvalue weighted by Gasteiger charge is -2.43. The molecule has 9 nitrogen and oxygen atoms in total. The molecule has 0 aliphatic carbocycles. The maximum atomic E-state index is 11.9. The third-order valence-corrected chi connectivity index (χ3v) is 7.52. The Labute approximate surface area is 209 Å². The Bertz CT molecular complexity index is 817. The maximum Gasteiger partial charge on any atom is 0.411 e. The van der Waals surface area contributed by atoms with Crippen LogP contribution in [0.4, 0.5) is 4.79 Å². The smallest absolute Gasteiger partial charge is 0.411 e. The second kappa shape index (κ2) is 12.7. The second-order valence-electron chi connectivity index (χ2n) is 10.0. The highest BCUT2D eigenvalue weighted by Crippen LogP contribution is 2.23. The van der Waals surface area contributed by atoms with E-state index < -0.39 is 0 Å². The summed E-state index contributed by atoms with van der Waals surface area (Å²) in [6.45, 7) is 9.92. The van der Waals surface area contributed by atoms with Gasteiger partial charge >= 0.3 is 12.1 Å². The minimum atomic E-state index is -0.253. The van der Waals surface area contributed by atoms with Crippen molar-refractivity contribution in [2.24, 2.45) is 0 Å². The molecular formula is C26H41N5O4. The first kappa shape index (κ1) is 25.9. The van der Waals surface area contributed by atoms with Crippen molar-refractivity contribution in [1.82, 2.24) is 24.5 Å². The number of likely N-dealkylation sites (N-methyl/N-ethyl adjacent to an activating group) is 1. The lowest BCUT2D eigenvalue weighted by molar-refractivity contribution is -0.143. The van der Waals surface area contributed by atoms with Crippen molar-refractivity contribution in [2.45, 2.75) is 38.1 Å². The van der Waals surface area contributed by atoms with Gasteiger partial charge in [-0.25, -0.2) is 4.79 Å². The monoisotopic (exact) mass is 487 g/mol. The van der Waals surface area contributed by atoms with E-state index in [4.69, 9.17) is 9.47 Å². The molecule has 3 fully saturated rings. The number of piperazine rings is 2. The van der Waals surface area contributed by atoms with Crippen LogP contribution >= 0.6 is 0 Å². The van der Waals surface area contributed by atoms with Crippen LogP contribution in [0.5, 0.6) is 0 Å². The quantitative estimate of drug-likeness (QED) is 0.364. The number of hydrogen-bond acceptors (Lipinski definition) is 8. The van der Waals surface area contributed by atoms with Crippen LogP contribution in [0.15, 0.2) is 30.3 Å². The van der Waals surface area contributed by atoms with Crippen LogP contribution < -0.4 is 0 Å². The van der Waals surface area contributed by atoms with Gasteiger partial charge in [0, 0.05) is 65.4 Å². The fourth-order valence-corrected chi connectivity index (χ4v) is 5.41. The highest BCUT2D eigenvalue weighted by Gasteiger charge is 2.39. The van der Waals surface area contributed by atoms with E-state index in [1.165, 1.54) is 12.7 Å². The van der Waals surface area contributed by atoms with E-state index in [0.29, 0.717) is 13.1 Å². The summed E-state index contributed by atoms with van der Waals surface area (Å²) < 4.78 is 10.5. The van der Waals surface area contributed by atoms with Gasteiger partial charge in [0.05, 0.1) is 20.2 Å². The molecule has 0 spiro atoms. The van der Waals surface area contributed by atoms with Crippen molar-refractivity contribution in [2.75, 3.05) is 79.6 Å². The fraction of sp³-hybridized carbons (Fsp3) is 0.692. The second-order valence-corrected chi connectivity index (χ2v) is 10.0. The van der Waals surface area contributed by atoms with Crippen LogP contribution in [0.3, 0.4) is 0 Å². The van der Waals surface area contributed by atoms with Gasteiger partial charge in [-0.1, -0.05) is 36.8 Å². The summed E-state index contributed by atoms with van der Waals surface area (Å²) in [6.07, 6.45) is 2.86. The number of carbonyl (C=O) groups is 2. The first-order valence-electron chi connectivity index (χ1n) is 13.0. The molecular weight excluding hydrogens is 446 g/mol. The number of carbonyl (C=O) groups excluding carboxylic acids is 2. The zero-order valence-electron chi connectivity index (χ0n) is 21.3. The van der Waals surface area contributed by atoms with E-state index in [-0.39, 0.29) is 24.3 Å². The molecule has 4 rings (SSSR count). The normalized spacial score (nSPS) is 25.1.